The highest BCUT2D eigenvalue weighted by molar-refractivity contribution is 6.19. The molecule has 4 unspecified atom stereocenters. The van der Waals surface area contributed by atoms with E-state index < -0.39 is 5.41 Å². The predicted octanol–water partition coefficient (Wildman–Crippen LogP) is 2.41. The molecule has 0 aromatic heterocycles. The summed E-state index contributed by atoms with van der Waals surface area (Å²) < 4.78 is 0. The van der Waals surface area contributed by atoms with Crippen LogP contribution in [-0.4, -0.2) is 17.8 Å². The Kier molecular flexibility index (Phi) is 2.30. The van der Waals surface area contributed by atoms with Crippen molar-refractivity contribution >= 4 is 17.5 Å². The molecule has 3 aliphatic carbocycles. The van der Waals surface area contributed by atoms with Gasteiger partial charge in [0, 0.05) is 11.9 Å². The van der Waals surface area contributed by atoms with Gasteiger partial charge in [0.15, 0.2) is 0 Å². The van der Waals surface area contributed by atoms with Gasteiger partial charge in [-0.3, -0.25) is 4.79 Å². The van der Waals surface area contributed by atoms with E-state index in [9.17, 15) is 4.79 Å². The fraction of sp³-hybridized carbons (Fsp3) is 0.923. The topological polar surface area (TPSA) is 29.1 Å². The molecule has 2 bridgehead atoms. The molecule has 0 saturated heterocycles. The van der Waals surface area contributed by atoms with Crippen LogP contribution >= 0.6 is 11.6 Å². The lowest BCUT2D eigenvalue weighted by Gasteiger charge is -2.21. The number of hydrogen-bond donors (Lipinski definition) is 1. The van der Waals surface area contributed by atoms with Gasteiger partial charge in [-0.1, -0.05) is 0 Å². The number of alkyl halides is 1. The van der Waals surface area contributed by atoms with Crippen LogP contribution < -0.4 is 5.32 Å². The molecule has 0 aromatic rings. The Morgan fingerprint density at radius 2 is 1.88 bits per heavy atom. The van der Waals surface area contributed by atoms with Gasteiger partial charge in [-0.25, -0.2) is 0 Å². The van der Waals surface area contributed by atoms with Gasteiger partial charge in [-0.05, 0) is 56.8 Å². The number of carbonyl (C=O) groups is 1. The highest BCUT2D eigenvalue weighted by Gasteiger charge is 2.65. The normalized spacial score (nSPS) is 44.3. The first-order valence-electron chi connectivity index (χ1n) is 6.41. The van der Waals surface area contributed by atoms with Gasteiger partial charge in [0.2, 0.25) is 5.91 Å². The molecule has 0 aromatic carbocycles. The van der Waals surface area contributed by atoms with Crippen LogP contribution in [-0.2, 0) is 4.79 Å². The molecule has 1 N–H and O–H groups in total. The summed E-state index contributed by atoms with van der Waals surface area (Å²) in [6, 6.07) is 0.487. The summed E-state index contributed by atoms with van der Waals surface area (Å²) in [4.78, 5) is 12.0. The second-order valence-corrected chi connectivity index (χ2v) is 6.77. The minimum absolute atomic E-state index is 0.140. The van der Waals surface area contributed by atoms with E-state index in [1.807, 2.05) is 13.8 Å². The predicted molar refractivity (Wildman–Crippen MR) is 64.2 cm³/mol. The van der Waals surface area contributed by atoms with Crippen molar-refractivity contribution in [3.63, 3.8) is 0 Å². The van der Waals surface area contributed by atoms with Crippen molar-refractivity contribution < 1.29 is 4.79 Å². The molecule has 0 radical (unpaired) electrons. The molecule has 4 atom stereocenters. The van der Waals surface area contributed by atoms with Crippen LogP contribution in [0.3, 0.4) is 0 Å². The van der Waals surface area contributed by atoms with Gasteiger partial charge in [-0.2, -0.15) is 0 Å². The average molecular weight is 242 g/mol. The Morgan fingerprint density at radius 3 is 2.38 bits per heavy atom. The van der Waals surface area contributed by atoms with E-state index in [0.29, 0.717) is 11.9 Å². The van der Waals surface area contributed by atoms with E-state index >= 15 is 0 Å². The number of carbonyl (C=O) groups excluding carboxylic acids is 1. The molecule has 0 aliphatic heterocycles. The van der Waals surface area contributed by atoms with Crippen molar-refractivity contribution in [3.8, 4) is 0 Å². The molecule has 3 fully saturated rings. The molecule has 1 amide bonds. The van der Waals surface area contributed by atoms with Crippen molar-refractivity contribution in [2.45, 2.75) is 39.2 Å². The zero-order valence-electron chi connectivity index (χ0n) is 10.0. The first-order chi connectivity index (χ1) is 7.54. The summed E-state index contributed by atoms with van der Waals surface area (Å²) in [7, 11) is 0. The van der Waals surface area contributed by atoms with Crippen molar-refractivity contribution in [1.82, 2.24) is 5.32 Å². The summed E-state index contributed by atoms with van der Waals surface area (Å²) in [5.41, 5.74) is -0.419. The number of hydrogen-bond acceptors (Lipinski definition) is 1. The van der Waals surface area contributed by atoms with E-state index in [-0.39, 0.29) is 5.91 Å². The number of halogens is 1. The third-order valence-electron chi connectivity index (χ3n) is 4.98. The summed E-state index contributed by atoms with van der Waals surface area (Å²) in [6.45, 7) is 3.84. The molecule has 0 spiro atoms. The number of nitrogens with one attached hydrogen (secondary N) is 1. The number of fused-ring (bicyclic) bond motifs is 5. The maximum absolute atomic E-state index is 12.0. The molecule has 3 aliphatic rings. The second-order valence-electron chi connectivity index (χ2n) is 6.50. The number of rotatable bonds is 3. The Morgan fingerprint density at radius 1 is 1.31 bits per heavy atom. The van der Waals surface area contributed by atoms with Gasteiger partial charge in [0.1, 0.15) is 0 Å². The van der Waals surface area contributed by atoms with Crippen LogP contribution in [0.5, 0.6) is 0 Å². The average Bonchev–Trinajstić information content (AvgIpc) is 2.68. The maximum Gasteiger partial charge on any atom is 0.227 e. The molecule has 3 heteroatoms. The van der Waals surface area contributed by atoms with Crippen molar-refractivity contribution in [2.75, 3.05) is 5.88 Å². The van der Waals surface area contributed by atoms with Crippen LogP contribution in [0.4, 0.5) is 0 Å². The minimum atomic E-state index is -0.419. The molecular weight excluding hydrogens is 222 g/mol. The lowest BCUT2D eigenvalue weighted by molar-refractivity contribution is -0.128. The first kappa shape index (κ1) is 10.9. The van der Waals surface area contributed by atoms with Gasteiger partial charge in [-0.15, -0.1) is 11.6 Å². The summed E-state index contributed by atoms with van der Waals surface area (Å²) in [6.07, 6.45) is 4.23. The summed E-state index contributed by atoms with van der Waals surface area (Å²) >= 11 is 5.82. The van der Waals surface area contributed by atoms with Crippen molar-refractivity contribution in [3.05, 3.63) is 0 Å². The Balaban J connectivity index is 1.61. The molecule has 3 saturated carbocycles. The Bertz CT molecular complexity index is 312. The van der Waals surface area contributed by atoms with Crippen molar-refractivity contribution in [1.29, 1.82) is 0 Å². The SMILES string of the molecule is CC(C)(CCl)C(=O)NC1C2C3CCC(C3)C12. The number of amides is 1. The fourth-order valence-electron chi connectivity index (χ4n) is 3.93. The first-order valence-corrected chi connectivity index (χ1v) is 6.95. The second kappa shape index (κ2) is 3.38. The Labute approximate surface area is 102 Å². The van der Waals surface area contributed by atoms with Crippen LogP contribution in [0.15, 0.2) is 0 Å². The fourth-order valence-corrected chi connectivity index (χ4v) is 4.05. The van der Waals surface area contributed by atoms with Crippen LogP contribution in [0.25, 0.3) is 0 Å². The quantitative estimate of drug-likeness (QED) is 0.756. The zero-order valence-corrected chi connectivity index (χ0v) is 10.8. The van der Waals surface area contributed by atoms with E-state index in [2.05, 4.69) is 5.32 Å². The van der Waals surface area contributed by atoms with E-state index in [1.165, 1.54) is 19.3 Å². The largest absolute Gasteiger partial charge is 0.352 e. The van der Waals surface area contributed by atoms with E-state index in [1.54, 1.807) is 0 Å². The highest BCUT2D eigenvalue weighted by Crippen LogP contribution is 2.65. The molecule has 0 heterocycles. The smallest absolute Gasteiger partial charge is 0.227 e. The highest BCUT2D eigenvalue weighted by atomic mass is 35.5. The minimum Gasteiger partial charge on any atom is -0.352 e. The molecular formula is C13H20ClNO. The third kappa shape index (κ3) is 1.42. The standard InChI is InChI=1S/C13H20ClNO/c1-13(2,6-14)12(16)15-11-9-7-3-4-8(5-7)10(9)11/h7-11H,3-6H2,1-2H3,(H,15,16). The molecule has 16 heavy (non-hydrogen) atoms. The van der Waals surface area contributed by atoms with Gasteiger partial charge in [0.05, 0.1) is 5.41 Å². The van der Waals surface area contributed by atoms with E-state index in [4.69, 9.17) is 11.6 Å². The molecule has 90 valence electrons. The maximum atomic E-state index is 12.0. The van der Waals surface area contributed by atoms with Gasteiger partial charge < -0.3 is 5.32 Å². The zero-order chi connectivity index (χ0) is 11.5. The summed E-state index contributed by atoms with van der Waals surface area (Å²) in [5.74, 6) is 4.00. The van der Waals surface area contributed by atoms with Crippen molar-refractivity contribution in [2.24, 2.45) is 29.1 Å². The van der Waals surface area contributed by atoms with Gasteiger partial charge >= 0.3 is 0 Å². The van der Waals surface area contributed by atoms with Crippen LogP contribution in [0.2, 0.25) is 0 Å². The van der Waals surface area contributed by atoms with Crippen LogP contribution in [0, 0.1) is 29.1 Å². The monoisotopic (exact) mass is 241 g/mol. The Hall–Kier alpha value is -0.240. The van der Waals surface area contributed by atoms with Gasteiger partial charge in [0.25, 0.3) is 0 Å². The van der Waals surface area contributed by atoms with Crippen LogP contribution in [0.1, 0.15) is 33.1 Å². The lowest BCUT2D eigenvalue weighted by atomic mass is 9.95. The summed E-state index contributed by atoms with van der Waals surface area (Å²) in [5, 5.41) is 3.22. The lowest BCUT2D eigenvalue weighted by Crippen LogP contribution is -2.41. The molecule has 2 nitrogen and oxygen atoms in total. The third-order valence-corrected chi connectivity index (χ3v) is 5.65. The molecule has 3 rings (SSSR count). The van der Waals surface area contributed by atoms with E-state index in [0.717, 1.165) is 23.7 Å².